The van der Waals surface area contributed by atoms with Gasteiger partial charge in [-0.1, -0.05) is 24.3 Å². The normalized spacial score (nSPS) is 10.8. The van der Waals surface area contributed by atoms with Crippen LogP contribution in [0.5, 0.6) is 11.5 Å². The molecule has 0 atom stereocenters. The van der Waals surface area contributed by atoms with E-state index >= 15 is 0 Å². The van der Waals surface area contributed by atoms with E-state index in [1.165, 1.54) is 0 Å². The molecule has 0 spiro atoms. The summed E-state index contributed by atoms with van der Waals surface area (Å²) in [6, 6.07) is 23.0. The summed E-state index contributed by atoms with van der Waals surface area (Å²) in [4.78, 5) is 21.5. The highest BCUT2D eigenvalue weighted by Crippen LogP contribution is 2.29. The molecular weight excluding hydrogens is 416 g/mol. The molecule has 1 amide bonds. The smallest absolute Gasteiger partial charge is 0.258 e. The van der Waals surface area contributed by atoms with Crippen molar-refractivity contribution < 1.29 is 14.3 Å². The Morgan fingerprint density at radius 3 is 2.48 bits per heavy atom. The van der Waals surface area contributed by atoms with E-state index in [9.17, 15) is 4.79 Å². The van der Waals surface area contributed by atoms with Gasteiger partial charge in [0, 0.05) is 22.7 Å². The standard InChI is InChI=1S/C26H26N4O3/c1-17(2)27-24(31)16-33-21-8-6-7-18(15-21)25-29-23-10-5-4-9-22(23)26(30-25)28-19-11-13-20(32-3)14-12-19/h4-15,17H,16H2,1-3H3,(H,27,31)(H,28,29,30). The van der Waals surface area contributed by atoms with Crippen molar-refractivity contribution >= 4 is 28.3 Å². The van der Waals surface area contributed by atoms with Crippen LogP contribution in [0.4, 0.5) is 11.5 Å². The van der Waals surface area contributed by atoms with Crippen molar-refractivity contribution in [2.24, 2.45) is 0 Å². The Morgan fingerprint density at radius 2 is 1.73 bits per heavy atom. The first-order valence-electron chi connectivity index (χ1n) is 10.7. The maximum atomic E-state index is 11.9. The summed E-state index contributed by atoms with van der Waals surface area (Å²) < 4.78 is 10.9. The predicted octanol–water partition coefficient (Wildman–Crippen LogP) is 4.95. The van der Waals surface area contributed by atoms with Gasteiger partial charge in [0.15, 0.2) is 12.4 Å². The largest absolute Gasteiger partial charge is 0.497 e. The van der Waals surface area contributed by atoms with E-state index in [4.69, 9.17) is 19.4 Å². The fraction of sp³-hybridized carbons (Fsp3) is 0.192. The third kappa shape index (κ3) is 5.57. The van der Waals surface area contributed by atoms with Gasteiger partial charge in [-0.25, -0.2) is 9.97 Å². The number of hydrogen-bond donors (Lipinski definition) is 2. The van der Waals surface area contributed by atoms with Crippen molar-refractivity contribution in [1.29, 1.82) is 0 Å². The van der Waals surface area contributed by atoms with Crippen LogP contribution in [0, 0.1) is 0 Å². The lowest BCUT2D eigenvalue weighted by Crippen LogP contribution is -2.34. The molecule has 33 heavy (non-hydrogen) atoms. The molecule has 0 aliphatic rings. The average Bonchev–Trinajstić information content (AvgIpc) is 2.83. The summed E-state index contributed by atoms with van der Waals surface area (Å²) in [5.74, 6) is 2.45. The average molecular weight is 443 g/mol. The van der Waals surface area contributed by atoms with Crippen molar-refractivity contribution in [3.05, 3.63) is 72.8 Å². The fourth-order valence-corrected chi connectivity index (χ4v) is 3.35. The van der Waals surface area contributed by atoms with Gasteiger partial charge in [0.1, 0.15) is 17.3 Å². The number of carbonyl (C=O) groups excluding carboxylic acids is 1. The Hall–Kier alpha value is -4.13. The lowest BCUT2D eigenvalue weighted by atomic mass is 10.1. The van der Waals surface area contributed by atoms with E-state index in [1.807, 2.05) is 86.6 Å². The summed E-state index contributed by atoms with van der Waals surface area (Å²) in [7, 11) is 1.64. The molecular formula is C26H26N4O3. The van der Waals surface area contributed by atoms with Crippen LogP contribution in [-0.4, -0.2) is 35.6 Å². The molecule has 7 heteroatoms. The minimum absolute atomic E-state index is 0.0511. The number of amides is 1. The summed E-state index contributed by atoms with van der Waals surface area (Å²) >= 11 is 0. The monoisotopic (exact) mass is 442 g/mol. The Morgan fingerprint density at radius 1 is 0.939 bits per heavy atom. The van der Waals surface area contributed by atoms with Crippen molar-refractivity contribution in [3.63, 3.8) is 0 Å². The number of para-hydroxylation sites is 1. The molecule has 4 aromatic rings. The van der Waals surface area contributed by atoms with Gasteiger partial charge in [0.2, 0.25) is 0 Å². The van der Waals surface area contributed by atoms with Crippen molar-refractivity contribution in [1.82, 2.24) is 15.3 Å². The first-order chi connectivity index (χ1) is 16.0. The van der Waals surface area contributed by atoms with Gasteiger partial charge in [-0.2, -0.15) is 0 Å². The highest BCUT2D eigenvalue weighted by atomic mass is 16.5. The quantitative estimate of drug-likeness (QED) is 0.402. The molecule has 0 aliphatic heterocycles. The number of hydrogen-bond acceptors (Lipinski definition) is 6. The fourth-order valence-electron chi connectivity index (χ4n) is 3.35. The Kier molecular flexibility index (Phi) is 6.69. The highest BCUT2D eigenvalue weighted by molar-refractivity contribution is 5.92. The summed E-state index contributed by atoms with van der Waals surface area (Å²) in [5.41, 5.74) is 2.50. The van der Waals surface area contributed by atoms with Crippen molar-refractivity contribution in [2.45, 2.75) is 19.9 Å². The Balaban J connectivity index is 1.63. The zero-order chi connectivity index (χ0) is 23.2. The van der Waals surface area contributed by atoms with Gasteiger partial charge in [0.05, 0.1) is 12.6 Å². The van der Waals surface area contributed by atoms with Crippen LogP contribution >= 0.6 is 0 Å². The van der Waals surface area contributed by atoms with Gasteiger partial charge in [-0.3, -0.25) is 4.79 Å². The summed E-state index contributed by atoms with van der Waals surface area (Å²) in [6.45, 7) is 3.77. The van der Waals surface area contributed by atoms with Gasteiger partial charge in [-0.05, 0) is 62.4 Å². The zero-order valence-electron chi connectivity index (χ0n) is 18.8. The molecule has 0 saturated carbocycles. The predicted molar refractivity (Wildman–Crippen MR) is 130 cm³/mol. The molecule has 4 rings (SSSR count). The second-order valence-corrected chi connectivity index (χ2v) is 7.81. The van der Waals surface area contributed by atoms with E-state index in [-0.39, 0.29) is 18.6 Å². The van der Waals surface area contributed by atoms with Gasteiger partial charge >= 0.3 is 0 Å². The molecule has 7 nitrogen and oxygen atoms in total. The van der Waals surface area contributed by atoms with Crippen LogP contribution in [0.3, 0.4) is 0 Å². The number of aromatic nitrogens is 2. The topological polar surface area (TPSA) is 85.4 Å². The van der Waals surface area contributed by atoms with E-state index in [0.29, 0.717) is 17.4 Å². The van der Waals surface area contributed by atoms with Crippen LogP contribution in [0.2, 0.25) is 0 Å². The van der Waals surface area contributed by atoms with Crippen LogP contribution in [0.1, 0.15) is 13.8 Å². The molecule has 0 radical (unpaired) electrons. The van der Waals surface area contributed by atoms with Gasteiger partial charge in [-0.15, -0.1) is 0 Å². The Labute approximate surface area is 192 Å². The molecule has 1 aromatic heterocycles. The lowest BCUT2D eigenvalue weighted by Gasteiger charge is -2.13. The van der Waals surface area contributed by atoms with E-state index in [2.05, 4.69) is 10.6 Å². The second-order valence-electron chi connectivity index (χ2n) is 7.81. The van der Waals surface area contributed by atoms with E-state index in [1.54, 1.807) is 7.11 Å². The molecule has 3 aromatic carbocycles. The van der Waals surface area contributed by atoms with Crippen LogP contribution in [0.15, 0.2) is 72.8 Å². The van der Waals surface area contributed by atoms with E-state index < -0.39 is 0 Å². The summed E-state index contributed by atoms with van der Waals surface area (Å²) in [5, 5.41) is 7.11. The number of anilines is 2. The first kappa shape index (κ1) is 22.1. The van der Waals surface area contributed by atoms with E-state index in [0.717, 1.165) is 27.9 Å². The number of methoxy groups -OCH3 is 1. The zero-order valence-corrected chi connectivity index (χ0v) is 18.8. The van der Waals surface area contributed by atoms with Gasteiger partial charge in [0.25, 0.3) is 5.91 Å². The van der Waals surface area contributed by atoms with Crippen LogP contribution < -0.4 is 20.1 Å². The van der Waals surface area contributed by atoms with Crippen LogP contribution in [0.25, 0.3) is 22.3 Å². The molecule has 0 bridgehead atoms. The second kappa shape index (κ2) is 9.99. The third-order valence-corrected chi connectivity index (χ3v) is 4.87. The minimum atomic E-state index is -0.164. The number of ether oxygens (including phenoxy) is 2. The Bertz CT molecular complexity index is 1260. The SMILES string of the molecule is COc1ccc(Nc2nc(-c3cccc(OCC(=O)NC(C)C)c3)nc3ccccc23)cc1. The number of rotatable bonds is 8. The number of nitrogens with one attached hydrogen (secondary N) is 2. The lowest BCUT2D eigenvalue weighted by molar-refractivity contribution is -0.123. The minimum Gasteiger partial charge on any atom is -0.497 e. The van der Waals surface area contributed by atoms with Crippen LogP contribution in [-0.2, 0) is 4.79 Å². The number of fused-ring (bicyclic) bond motifs is 1. The van der Waals surface area contributed by atoms with Crippen molar-refractivity contribution in [3.8, 4) is 22.9 Å². The maximum absolute atomic E-state index is 11.9. The highest BCUT2D eigenvalue weighted by Gasteiger charge is 2.11. The first-order valence-corrected chi connectivity index (χ1v) is 10.7. The molecule has 168 valence electrons. The molecule has 2 N–H and O–H groups in total. The van der Waals surface area contributed by atoms with Gasteiger partial charge < -0.3 is 20.1 Å². The number of nitrogens with zero attached hydrogens (tertiary/aromatic N) is 2. The molecule has 1 heterocycles. The number of carbonyl (C=O) groups is 1. The van der Waals surface area contributed by atoms with Crippen molar-refractivity contribution in [2.75, 3.05) is 19.0 Å². The molecule has 0 aliphatic carbocycles. The maximum Gasteiger partial charge on any atom is 0.258 e. The number of benzene rings is 3. The summed E-state index contributed by atoms with van der Waals surface area (Å²) in [6.07, 6.45) is 0. The molecule has 0 fully saturated rings. The third-order valence-electron chi connectivity index (χ3n) is 4.87. The molecule has 0 saturated heterocycles. The molecule has 0 unspecified atom stereocenters.